The summed E-state index contributed by atoms with van der Waals surface area (Å²) in [6.07, 6.45) is 7.18. The van der Waals surface area contributed by atoms with E-state index in [-0.39, 0.29) is 6.04 Å². The first-order valence-electron chi connectivity index (χ1n) is 9.14. The second kappa shape index (κ2) is 7.19. The first-order valence-corrected chi connectivity index (χ1v) is 9.14. The summed E-state index contributed by atoms with van der Waals surface area (Å²) in [7, 11) is 0. The van der Waals surface area contributed by atoms with Crippen molar-refractivity contribution in [3.63, 3.8) is 0 Å². The van der Waals surface area contributed by atoms with E-state index in [4.69, 9.17) is 0 Å². The van der Waals surface area contributed by atoms with Crippen LogP contribution in [0.1, 0.15) is 42.8 Å². The Labute approximate surface area is 149 Å². The Morgan fingerprint density at radius 3 is 2.76 bits per heavy atom. The van der Waals surface area contributed by atoms with Crippen LogP contribution in [0.4, 0.5) is 0 Å². The highest BCUT2D eigenvalue weighted by Crippen LogP contribution is 2.34. The van der Waals surface area contributed by atoms with Crippen molar-refractivity contribution in [3.05, 3.63) is 71.9 Å². The molecule has 0 fully saturated rings. The van der Waals surface area contributed by atoms with Crippen LogP contribution >= 0.6 is 0 Å². The lowest BCUT2D eigenvalue weighted by Gasteiger charge is -2.35. The molecule has 0 radical (unpaired) electrons. The minimum atomic E-state index is 0.249. The molecule has 0 aliphatic carbocycles. The standard InChI is InChI=1S/C21H24N4/c1-2-3-13-25-14-11-19-20(24-15-23-19)21(25)17-9-7-16(8-10-17)18-6-4-5-12-22-18/h4-10,12,15,21H,2-3,11,13-14H2,1H3,(H,23,24)/t21-/m1/s1. The molecule has 4 rings (SSSR count). The SMILES string of the molecule is CCCCN1CCc2[nH]cnc2[C@H]1c1ccc(-c2ccccn2)cc1. The topological polar surface area (TPSA) is 44.8 Å². The molecule has 4 nitrogen and oxygen atoms in total. The Hall–Kier alpha value is -2.46. The molecule has 0 spiro atoms. The van der Waals surface area contributed by atoms with Gasteiger partial charge in [-0.05, 0) is 30.7 Å². The molecule has 0 bridgehead atoms. The van der Waals surface area contributed by atoms with Crippen molar-refractivity contribution < 1.29 is 0 Å². The summed E-state index contributed by atoms with van der Waals surface area (Å²) in [5.74, 6) is 0. The zero-order valence-corrected chi connectivity index (χ0v) is 14.7. The molecule has 0 saturated carbocycles. The Balaban J connectivity index is 1.66. The second-order valence-electron chi connectivity index (χ2n) is 6.65. The molecular weight excluding hydrogens is 308 g/mol. The maximum atomic E-state index is 4.64. The third kappa shape index (κ3) is 3.22. The van der Waals surface area contributed by atoms with E-state index in [2.05, 4.69) is 57.1 Å². The predicted molar refractivity (Wildman–Crippen MR) is 100 cm³/mol. The number of benzene rings is 1. The van der Waals surface area contributed by atoms with Gasteiger partial charge in [-0.2, -0.15) is 0 Å². The summed E-state index contributed by atoms with van der Waals surface area (Å²) in [4.78, 5) is 15.0. The number of nitrogens with one attached hydrogen (secondary N) is 1. The zero-order valence-electron chi connectivity index (χ0n) is 14.7. The fourth-order valence-corrected chi connectivity index (χ4v) is 3.67. The lowest BCUT2D eigenvalue weighted by molar-refractivity contribution is 0.206. The molecule has 4 heteroatoms. The smallest absolute Gasteiger partial charge is 0.0926 e. The highest BCUT2D eigenvalue weighted by molar-refractivity contribution is 5.59. The van der Waals surface area contributed by atoms with E-state index < -0.39 is 0 Å². The molecule has 3 heterocycles. The molecule has 25 heavy (non-hydrogen) atoms. The number of rotatable bonds is 5. The molecule has 1 N–H and O–H groups in total. The van der Waals surface area contributed by atoms with E-state index in [1.807, 2.05) is 24.7 Å². The lowest BCUT2D eigenvalue weighted by atomic mass is 9.94. The van der Waals surface area contributed by atoms with Gasteiger partial charge in [0.05, 0.1) is 23.8 Å². The molecule has 0 unspecified atom stereocenters. The molecule has 3 aromatic rings. The third-order valence-electron chi connectivity index (χ3n) is 5.01. The van der Waals surface area contributed by atoms with Crippen molar-refractivity contribution in [1.29, 1.82) is 0 Å². The van der Waals surface area contributed by atoms with Crippen LogP contribution in [0.15, 0.2) is 55.0 Å². The number of pyridine rings is 1. The van der Waals surface area contributed by atoms with E-state index in [1.54, 1.807) is 0 Å². The molecule has 1 aromatic carbocycles. The van der Waals surface area contributed by atoms with Crippen LogP contribution in [-0.4, -0.2) is 32.9 Å². The van der Waals surface area contributed by atoms with Crippen molar-refractivity contribution >= 4 is 0 Å². The highest BCUT2D eigenvalue weighted by atomic mass is 15.2. The third-order valence-corrected chi connectivity index (χ3v) is 5.01. The fraction of sp³-hybridized carbons (Fsp3) is 0.333. The summed E-state index contributed by atoms with van der Waals surface area (Å²) in [5.41, 5.74) is 5.95. The average Bonchev–Trinajstić information content (AvgIpc) is 3.15. The van der Waals surface area contributed by atoms with E-state index in [0.717, 1.165) is 30.8 Å². The van der Waals surface area contributed by atoms with Crippen molar-refractivity contribution in [2.75, 3.05) is 13.1 Å². The minimum absolute atomic E-state index is 0.249. The maximum Gasteiger partial charge on any atom is 0.0926 e. The van der Waals surface area contributed by atoms with Gasteiger partial charge in [0.1, 0.15) is 0 Å². The fourth-order valence-electron chi connectivity index (χ4n) is 3.67. The normalized spacial score (nSPS) is 17.4. The number of hydrogen-bond acceptors (Lipinski definition) is 3. The van der Waals surface area contributed by atoms with E-state index >= 15 is 0 Å². The van der Waals surface area contributed by atoms with Crippen LogP contribution in [0.3, 0.4) is 0 Å². The zero-order chi connectivity index (χ0) is 17.1. The number of fused-ring (bicyclic) bond motifs is 1. The van der Waals surface area contributed by atoms with Gasteiger partial charge in [-0.3, -0.25) is 9.88 Å². The van der Waals surface area contributed by atoms with Gasteiger partial charge >= 0.3 is 0 Å². The van der Waals surface area contributed by atoms with Crippen LogP contribution in [0.5, 0.6) is 0 Å². The molecule has 1 atom stereocenters. The van der Waals surface area contributed by atoms with Gasteiger partial charge in [-0.1, -0.05) is 43.7 Å². The molecule has 0 saturated heterocycles. The molecule has 0 amide bonds. The number of unbranched alkanes of at least 4 members (excludes halogenated alkanes) is 1. The first kappa shape index (κ1) is 16.0. The number of H-pyrrole nitrogens is 1. The summed E-state index contributed by atoms with van der Waals surface area (Å²) in [5, 5.41) is 0. The number of aromatic nitrogens is 3. The van der Waals surface area contributed by atoms with Crippen LogP contribution in [-0.2, 0) is 6.42 Å². The quantitative estimate of drug-likeness (QED) is 0.761. The van der Waals surface area contributed by atoms with Crippen LogP contribution in [0, 0.1) is 0 Å². The highest BCUT2D eigenvalue weighted by Gasteiger charge is 2.30. The number of aromatic amines is 1. The van der Waals surface area contributed by atoms with Gasteiger partial charge in [0, 0.05) is 30.4 Å². The number of hydrogen-bond donors (Lipinski definition) is 1. The summed E-state index contributed by atoms with van der Waals surface area (Å²) < 4.78 is 0. The Morgan fingerprint density at radius 1 is 1.12 bits per heavy atom. The van der Waals surface area contributed by atoms with Crippen LogP contribution < -0.4 is 0 Å². The van der Waals surface area contributed by atoms with E-state index in [0.29, 0.717) is 0 Å². The number of nitrogens with zero attached hydrogens (tertiary/aromatic N) is 3. The van der Waals surface area contributed by atoms with Gasteiger partial charge in [-0.15, -0.1) is 0 Å². The van der Waals surface area contributed by atoms with Crippen molar-refractivity contribution in [2.24, 2.45) is 0 Å². The van der Waals surface area contributed by atoms with E-state index in [1.165, 1.54) is 29.8 Å². The Kier molecular flexibility index (Phi) is 4.61. The predicted octanol–water partition coefficient (Wildman–Crippen LogP) is 4.22. The summed E-state index contributed by atoms with van der Waals surface area (Å²) in [6, 6.07) is 15.1. The van der Waals surface area contributed by atoms with Crippen LogP contribution in [0.2, 0.25) is 0 Å². The molecule has 1 aliphatic heterocycles. The Morgan fingerprint density at radius 2 is 2.00 bits per heavy atom. The van der Waals surface area contributed by atoms with Crippen molar-refractivity contribution in [1.82, 2.24) is 19.9 Å². The van der Waals surface area contributed by atoms with Gasteiger partial charge in [-0.25, -0.2) is 4.98 Å². The van der Waals surface area contributed by atoms with Crippen molar-refractivity contribution in [2.45, 2.75) is 32.2 Å². The van der Waals surface area contributed by atoms with Gasteiger partial charge < -0.3 is 4.98 Å². The van der Waals surface area contributed by atoms with Gasteiger partial charge in [0.25, 0.3) is 0 Å². The summed E-state index contributed by atoms with van der Waals surface area (Å²) in [6.45, 7) is 4.46. The summed E-state index contributed by atoms with van der Waals surface area (Å²) >= 11 is 0. The average molecular weight is 332 g/mol. The van der Waals surface area contributed by atoms with Gasteiger partial charge in [0.2, 0.25) is 0 Å². The first-order chi connectivity index (χ1) is 12.4. The molecular formula is C21H24N4. The lowest BCUT2D eigenvalue weighted by Crippen LogP contribution is -2.36. The maximum absolute atomic E-state index is 4.64. The van der Waals surface area contributed by atoms with Crippen molar-refractivity contribution in [3.8, 4) is 11.3 Å². The number of imidazole rings is 1. The monoisotopic (exact) mass is 332 g/mol. The second-order valence-corrected chi connectivity index (χ2v) is 6.65. The van der Waals surface area contributed by atoms with E-state index in [9.17, 15) is 0 Å². The molecule has 1 aliphatic rings. The Bertz CT molecular complexity index is 807. The minimum Gasteiger partial charge on any atom is -0.348 e. The van der Waals surface area contributed by atoms with Gasteiger partial charge in [0.15, 0.2) is 0 Å². The molecule has 128 valence electrons. The molecule has 2 aromatic heterocycles. The van der Waals surface area contributed by atoms with Crippen LogP contribution in [0.25, 0.3) is 11.3 Å². The largest absolute Gasteiger partial charge is 0.348 e.